The maximum absolute atomic E-state index is 13.5. The summed E-state index contributed by atoms with van der Waals surface area (Å²) in [6.07, 6.45) is 6.33. The Morgan fingerprint density at radius 2 is 2.06 bits per heavy atom. The minimum Gasteiger partial charge on any atom is -0.359 e. The van der Waals surface area contributed by atoms with Crippen molar-refractivity contribution in [2.75, 3.05) is 5.32 Å². The van der Waals surface area contributed by atoms with E-state index in [0.29, 0.717) is 11.6 Å². The number of nitrogens with zero attached hydrogens (tertiary/aromatic N) is 1. The second kappa shape index (κ2) is 4.61. The van der Waals surface area contributed by atoms with Gasteiger partial charge in [-0.3, -0.25) is 0 Å². The zero-order chi connectivity index (χ0) is 11.7. The van der Waals surface area contributed by atoms with Crippen LogP contribution in [0.1, 0.15) is 32.1 Å². The summed E-state index contributed by atoms with van der Waals surface area (Å²) in [5.74, 6) is -0.226. The van der Waals surface area contributed by atoms with Crippen LogP contribution in [0.2, 0.25) is 0 Å². The smallest absolute Gasteiger partial charge is 0.184 e. The molecule has 0 aliphatic heterocycles. The molecule has 3 rings (SSSR count). The van der Waals surface area contributed by atoms with Gasteiger partial charge in [0.2, 0.25) is 0 Å². The Bertz CT molecular complexity index is 517. The van der Waals surface area contributed by atoms with E-state index in [4.69, 9.17) is 0 Å². The van der Waals surface area contributed by atoms with Crippen LogP contribution in [0, 0.1) is 5.82 Å². The molecule has 4 heteroatoms. The van der Waals surface area contributed by atoms with Gasteiger partial charge in [-0.25, -0.2) is 9.37 Å². The topological polar surface area (TPSA) is 24.9 Å². The van der Waals surface area contributed by atoms with Crippen LogP contribution in [0.15, 0.2) is 18.2 Å². The van der Waals surface area contributed by atoms with Gasteiger partial charge in [0, 0.05) is 6.04 Å². The molecule has 0 radical (unpaired) electrons. The Balaban J connectivity index is 1.83. The molecule has 2 nitrogen and oxygen atoms in total. The molecule has 1 heterocycles. The van der Waals surface area contributed by atoms with Crippen LogP contribution in [-0.4, -0.2) is 11.0 Å². The van der Waals surface area contributed by atoms with Crippen molar-refractivity contribution in [2.45, 2.75) is 38.1 Å². The molecule has 90 valence electrons. The van der Waals surface area contributed by atoms with Crippen LogP contribution >= 0.6 is 11.3 Å². The lowest BCUT2D eigenvalue weighted by Crippen LogP contribution is -2.21. The predicted molar refractivity (Wildman–Crippen MR) is 70.1 cm³/mol. The zero-order valence-corrected chi connectivity index (χ0v) is 10.4. The summed E-state index contributed by atoms with van der Waals surface area (Å²) >= 11 is 1.54. The second-order valence-corrected chi connectivity index (χ2v) is 5.62. The van der Waals surface area contributed by atoms with E-state index in [1.54, 1.807) is 17.4 Å². The van der Waals surface area contributed by atoms with Gasteiger partial charge in [-0.15, -0.1) is 0 Å². The first kappa shape index (κ1) is 11.0. The van der Waals surface area contributed by atoms with E-state index < -0.39 is 0 Å². The highest BCUT2D eigenvalue weighted by Crippen LogP contribution is 2.29. The maximum atomic E-state index is 13.5. The molecule has 2 aromatic rings. The van der Waals surface area contributed by atoms with Gasteiger partial charge in [0.25, 0.3) is 0 Å². The van der Waals surface area contributed by atoms with Crippen LogP contribution < -0.4 is 5.32 Å². The normalized spacial score (nSPS) is 17.5. The SMILES string of the molecule is Fc1cccc2sc(NC3CCCCC3)nc12. The van der Waals surface area contributed by atoms with Crippen LogP contribution in [0.4, 0.5) is 9.52 Å². The fourth-order valence-corrected chi connectivity index (χ4v) is 3.36. The molecule has 1 aliphatic rings. The van der Waals surface area contributed by atoms with Crippen molar-refractivity contribution in [3.8, 4) is 0 Å². The average Bonchev–Trinajstić information content (AvgIpc) is 2.74. The van der Waals surface area contributed by atoms with Gasteiger partial charge in [0.15, 0.2) is 5.13 Å². The van der Waals surface area contributed by atoms with Crippen molar-refractivity contribution in [1.82, 2.24) is 4.98 Å². The van der Waals surface area contributed by atoms with Gasteiger partial charge in [0.05, 0.1) is 4.70 Å². The number of nitrogens with one attached hydrogen (secondary N) is 1. The number of anilines is 1. The fraction of sp³-hybridized carbons (Fsp3) is 0.462. The molecule has 0 amide bonds. The summed E-state index contributed by atoms with van der Waals surface area (Å²) in [5.41, 5.74) is 0.496. The lowest BCUT2D eigenvalue weighted by Gasteiger charge is -2.22. The number of hydrogen-bond donors (Lipinski definition) is 1. The van der Waals surface area contributed by atoms with E-state index >= 15 is 0 Å². The molecule has 1 aliphatic carbocycles. The van der Waals surface area contributed by atoms with Crippen molar-refractivity contribution in [2.24, 2.45) is 0 Å². The van der Waals surface area contributed by atoms with Gasteiger partial charge >= 0.3 is 0 Å². The number of aromatic nitrogens is 1. The maximum Gasteiger partial charge on any atom is 0.184 e. The zero-order valence-electron chi connectivity index (χ0n) is 9.58. The van der Waals surface area contributed by atoms with Gasteiger partial charge in [0.1, 0.15) is 11.3 Å². The van der Waals surface area contributed by atoms with Crippen molar-refractivity contribution in [3.63, 3.8) is 0 Å². The van der Waals surface area contributed by atoms with Gasteiger partial charge in [-0.2, -0.15) is 0 Å². The van der Waals surface area contributed by atoms with E-state index in [9.17, 15) is 4.39 Å². The second-order valence-electron chi connectivity index (χ2n) is 4.58. The number of fused-ring (bicyclic) bond motifs is 1. The molecule has 1 N–H and O–H groups in total. The van der Waals surface area contributed by atoms with E-state index in [-0.39, 0.29) is 5.82 Å². The summed E-state index contributed by atoms with van der Waals surface area (Å²) in [6, 6.07) is 5.64. The Morgan fingerprint density at radius 3 is 2.82 bits per heavy atom. The third-order valence-electron chi connectivity index (χ3n) is 3.30. The number of rotatable bonds is 2. The molecule has 0 spiro atoms. The summed E-state index contributed by atoms with van der Waals surface area (Å²) < 4.78 is 14.4. The standard InChI is InChI=1S/C13H15FN2S/c14-10-7-4-8-11-12(10)16-13(17-11)15-9-5-2-1-3-6-9/h4,7-9H,1-3,5-6H2,(H,15,16). The van der Waals surface area contributed by atoms with Crippen molar-refractivity contribution in [1.29, 1.82) is 0 Å². The van der Waals surface area contributed by atoms with Gasteiger partial charge < -0.3 is 5.32 Å². The van der Waals surface area contributed by atoms with Crippen molar-refractivity contribution < 1.29 is 4.39 Å². The number of hydrogen-bond acceptors (Lipinski definition) is 3. The van der Waals surface area contributed by atoms with E-state index in [1.165, 1.54) is 38.2 Å². The number of thiazole rings is 1. The largest absolute Gasteiger partial charge is 0.359 e. The monoisotopic (exact) mass is 250 g/mol. The van der Waals surface area contributed by atoms with Crippen LogP contribution in [-0.2, 0) is 0 Å². The third kappa shape index (κ3) is 2.27. The molecule has 0 bridgehead atoms. The molecule has 1 fully saturated rings. The van der Waals surface area contributed by atoms with E-state index in [2.05, 4.69) is 10.3 Å². The number of benzene rings is 1. The molecule has 1 aromatic heterocycles. The summed E-state index contributed by atoms with van der Waals surface area (Å²) in [7, 11) is 0. The molecule has 0 unspecified atom stereocenters. The van der Waals surface area contributed by atoms with Gasteiger partial charge in [-0.1, -0.05) is 36.7 Å². The van der Waals surface area contributed by atoms with E-state index in [0.717, 1.165) is 9.83 Å². The first-order valence-electron chi connectivity index (χ1n) is 6.14. The Morgan fingerprint density at radius 1 is 1.24 bits per heavy atom. The molecule has 1 aromatic carbocycles. The number of halogens is 1. The fourth-order valence-electron chi connectivity index (χ4n) is 2.40. The van der Waals surface area contributed by atoms with Crippen molar-refractivity contribution >= 4 is 26.7 Å². The van der Waals surface area contributed by atoms with E-state index in [1.807, 2.05) is 6.07 Å². The highest BCUT2D eigenvalue weighted by Gasteiger charge is 2.15. The summed E-state index contributed by atoms with van der Waals surface area (Å²) in [4.78, 5) is 4.34. The predicted octanol–water partition coefficient (Wildman–Crippen LogP) is 4.18. The summed E-state index contributed by atoms with van der Waals surface area (Å²) in [6.45, 7) is 0. The lowest BCUT2D eigenvalue weighted by molar-refractivity contribution is 0.462. The molecule has 1 saturated carbocycles. The molecular formula is C13H15FN2S. The Labute approximate surface area is 104 Å². The van der Waals surface area contributed by atoms with Crippen LogP contribution in [0.25, 0.3) is 10.2 Å². The molecule has 0 saturated heterocycles. The first-order valence-corrected chi connectivity index (χ1v) is 6.96. The Hall–Kier alpha value is -1.16. The molecule has 0 atom stereocenters. The third-order valence-corrected chi connectivity index (χ3v) is 4.25. The first-order chi connectivity index (χ1) is 8.33. The molecular weight excluding hydrogens is 235 g/mol. The van der Waals surface area contributed by atoms with Gasteiger partial charge in [-0.05, 0) is 25.0 Å². The van der Waals surface area contributed by atoms with Crippen molar-refractivity contribution in [3.05, 3.63) is 24.0 Å². The van der Waals surface area contributed by atoms with Crippen LogP contribution in [0.3, 0.4) is 0 Å². The molecule has 17 heavy (non-hydrogen) atoms. The average molecular weight is 250 g/mol. The lowest BCUT2D eigenvalue weighted by atomic mass is 9.96. The summed E-state index contributed by atoms with van der Waals surface area (Å²) in [5, 5.41) is 4.30. The van der Waals surface area contributed by atoms with Crippen LogP contribution in [0.5, 0.6) is 0 Å². The minimum atomic E-state index is -0.226. The Kier molecular flexibility index (Phi) is 2.97. The highest BCUT2D eigenvalue weighted by atomic mass is 32.1. The highest BCUT2D eigenvalue weighted by molar-refractivity contribution is 7.22. The minimum absolute atomic E-state index is 0.226. The quantitative estimate of drug-likeness (QED) is 0.864. The number of para-hydroxylation sites is 1.